The molecule has 1 amide bonds. The highest BCUT2D eigenvalue weighted by molar-refractivity contribution is 5.93. The molecule has 1 heterocycles. The van der Waals surface area contributed by atoms with Crippen LogP contribution in [0.1, 0.15) is 23.0 Å². The summed E-state index contributed by atoms with van der Waals surface area (Å²) in [4.78, 5) is 12.5. The van der Waals surface area contributed by atoms with Gasteiger partial charge in [-0.1, -0.05) is 42.5 Å². The summed E-state index contributed by atoms with van der Waals surface area (Å²) in [6.07, 6.45) is 0. The summed E-state index contributed by atoms with van der Waals surface area (Å²) in [6, 6.07) is 19.3. The molecule has 0 spiro atoms. The standard InChI is InChI=1S/C20H21N3O2/c1-3-23-18(16-11-7-8-12-19(16)25-2)13-17(22-23)20(24)21-14-15-9-5-4-6-10-15/h4-13H,3,14H2,1-2H3,(H,21,24). The van der Waals surface area contributed by atoms with Gasteiger partial charge in [0.15, 0.2) is 5.69 Å². The third-order valence-electron chi connectivity index (χ3n) is 3.99. The van der Waals surface area contributed by atoms with Crippen molar-refractivity contribution in [2.45, 2.75) is 20.0 Å². The van der Waals surface area contributed by atoms with Crippen LogP contribution >= 0.6 is 0 Å². The normalized spacial score (nSPS) is 10.5. The largest absolute Gasteiger partial charge is 0.496 e. The third-order valence-corrected chi connectivity index (χ3v) is 3.99. The number of aryl methyl sites for hydroxylation is 1. The van der Waals surface area contributed by atoms with Crippen molar-refractivity contribution < 1.29 is 9.53 Å². The van der Waals surface area contributed by atoms with Crippen molar-refractivity contribution in [1.82, 2.24) is 15.1 Å². The van der Waals surface area contributed by atoms with E-state index in [0.29, 0.717) is 18.8 Å². The van der Waals surface area contributed by atoms with Crippen molar-refractivity contribution in [3.63, 3.8) is 0 Å². The second-order valence-corrected chi connectivity index (χ2v) is 5.60. The molecule has 0 saturated heterocycles. The van der Waals surface area contributed by atoms with E-state index >= 15 is 0 Å². The molecule has 0 bridgehead atoms. The molecule has 0 aliphatic heterocycles. The van der Waals surface area contributed by atoms with Crippen LogP contribution in [-0.2, 0) is 13.1 Å². The predicted octanol–water partition coefficient (Wildman–Crippen LogP) is 3.51. The van der Waals surface area contributed by atoms with Crippen LogP contribution in [0.3, 0.4) is 0 Å². The van der Waals surface area contributed by atoms with Gasteiger partial charge in [-0.2, -0.15) is 5.10 Å². The summed E-state index contributed by atoms with van der Waals surface area (Å²) >= 11 is 0. The van der Waals surface area contributed by atoms with Crippen molar-refractivity contribution in [2.75, 3.05) is 7.11 Å². The SMILES string of the molecule is CCn1nc(C(=O)NCc2ccccc2)cc1-c1ccccc1OC. The lowest BCUT2D eigenvalue weighted by Crippen LogP contribution is -2.23. The molecular formula is C20H21N3O2. The molecule has 0 saturated carbocycles. The van der Waals surface area contributed by atoms with Crippen molar-refractivity contribution in [2.24, 2.45) is 0 Å². The summed E-state index contributed by atoms with van der Waals surface area (Å²) in [5, 5.41) is 7.36. The molecule has 0 unspecified atom stereocenters. The van der Waals surface area contributed by atoms with Crippen molar-refractivity contribution in [1.29, 1.82) is 0 Å². The highest BCUT2D eigenvalue weighted by atomic mass is 16.5. The van der Waals surface area contributed by atoms with Gasteiger partial charge in [-0.15, -0.1) is 0 Å². The van der Waals surface area contributed by atoms with Crippen molar-refractivity contribution >= 4 is 5.91 Å². The number of methoxy groups -OCH3 is 1. The van der Waals surface area contributed by atoms with E-state index in [1.807, 2.05) is 72.3 Å². The highest BCUT2D eigenvalue weighted by Crippen LogP contribution is 2.30. The lowest BCUT2D eigenvalue weighted by molar-refractivity contribution is 0.0945. The molecule has 128 valence electrons. The monoisotopic (exact) mass is 335 g/mol. The fraction of sp³-hybridized carbons (Fsp3) is 0.200. The Morgan fingerprint density at radius 2 is 1.84 bits per heavy atom. The van der Waals surface area contributed by atoms with Gasteiger partial charge in [0.05, 0.1) is 12.8 Å². The number of aromatic nitrogens is 2. The summed E-state index contributed by atoms with van der Waals surface area (Å²) in [7, 11) is 1.64. The summed E-state index contributed by atoms with van der Waals surface area (Å²) in [5.74, 6) is 0.570. The molecular weight excluding hydrogens is 314 g/mol. The number of benzene rings is 2. The van der Waals surface area contributed by atoms with Gasteiger partial charge < -0.3 is 10.1 Å². The first kappa shape index (κ1) is 16.8. The molecule has 0 fully saturated rings. The number of para-hydroxylation sites is 1. The lowest BCUT2D eigenvalue weighted by Gasteiger charge is -2.09. The molecule has 3 rings (SSSR count). The first-order chi connectivity index (χ1) is 12.2. The Kier molecular flexibility index (Phi) is 5.14. The Morgan fingerprint density at radius 3 is 2.56 bits per heavy atom. The molecule has 3 aromatic rings. The predicted molar refractivity (Wildman–Crippen MR) is 97.5 cm³/mol. The van der Waals surface area contributed by atoms with E-state index in [4.69, 9.17) is 4.74 Å². The van der Waals surface area contributed by atoms with Gasteiger partial charge in [-0.05, 0) is 30.7 Å². The van der Waals surface area contributed by atoms with E-state index in [2.05, 4.69) is 10.4 Å². The lowest BCUT2D eigenvalue weighted by atomic mass is 10.1. The van der Waals surface area contributed by atoms with Gasteiger partial charge in [0.2, 0.25) is 0 Å². The molecule has 5 heteroatoms. The van der Waals surface area contributed by atoms with E-state index in [1.54, 1.807) is 7.11 Å². The molecule has 2 aromatic carbocycles. The van der Waals surface area contributed by atoms with Crippen molar-refractivity contribution in [3.8, 4) is 17.0 Å². The van der Waals surface area contributed by atoms with Crippen LogP contribution in [0.4, 0.5) is 0 Å². The molecule has 0 atom stereocenters. The van der Waals surface area contributed by atoms with Crippen LogP contribution in [0.5, 0.6) is 5.75 Å². The maximum atomic E-state index is 12.5. The van der Waals surface area contributed by atoms with Crippen molar-refractivity contribution in [3.05, 3.63) is 71.9 Å². The summed E-state index contributed by atoms with van der Waals surface area (Å²) in [5.41, 5.74) is 3.24. The number of carbonyl (C=O) groups is 1. The third kappa shape index (κ3) is 3.71. The van der Waals surface area contributed by atoms with Gasteiger partial charge in [0, 0.05) is 18.7 Å². The average Bonchev–Trinajstić information content (AvgIpc) is 3.11. The molecule has 0 aliphatic rings. The number of rotatable bonds is 6. The molecule has 25 heavy (non-hydrogen) atoms. The van der Waals surface area contributed by atoms with E-state index in [-0.39, 0.29) is 5.91 Å². The Morgan fingerprint density at radius 1 is 1.12 bits per heavy atom. The molecule has 0 aliphatic carbocycles. The molecule has 1 aromatic heterocycles. The number of amides is 1. The minimum Gasteiger partial charge on any atom is -0.496 e. The minimum absolute atomic E-state index is 0.188. The minimum atomic E-state index is -0.188. The second kappa shape index (κ2) is 7.66. The Hall–Kier alpha value is -3.08. The average molecular weight is 335 g/mol. The zero-order valence-electron chi connectivity index (χ0n) is 14.4. The first-order valence-corrected chi connectivity index (χ1v) is 8.26. The Balaban J connectivity index is 1.84. The van der Waals surface area contributed by atoms with Crippen LogP contribution in [-0.4, -0.2) is 22.8 Å². The number of nitrogens with one attached hydrogen (secondary N) is 1. The highest BCUT2D eigenvalue weighted by Gasteiger charge is 2.17. The summed E-state index contributed by atoms with van der Waals surface area (Å²) < 4.78 is 7.25. The van der Waals surface area contributed by atoms with Crippen LogP contribution in [0, 0.1) is 0 Å². The van der Waals surface area contributed by atoms with E-state index < -0.39 is 0 Å². The van der Waals surface area contributed by atoms with Gasteiger partial charge in [-0.3, -0.25) is 9.48 Å². The van der Waals surface area contributed by atoms with Crippen LogP contribution in [0.15, 0.2) is 60.7 Å². The number of nitrogens with zero attached hydrogens (tertiary/aromatic N) is 2. The number of hydrogen-bond donors (Lipinski definition) is 1. The summed E-state index contributed by atoms with van der Waals surface area (Å²) in [6.45, 7) is 3.14. The van der Waals surface area contributed by atoms with E-state index in [0.717, 1.165) is 22.6 Å². The number of hydrogen-bond acceptors (Lipinski definition) is 3. The fourth-order valence-corrected chi connectivity index (χ4v) is 2.71. The number of ether oxygens (including phenoxy) is 1. The van der Waals surface area contributed by atoms with Gasteiger partial charge in [-0.25, -0.2) is 0 Å². The van der Waals surface area contributed by atoms with Crippen LogP contribution in [0.2, 0.25) is 0 Å². The van der Waals surface area contributed by atoms with Gasteiger partial charge in [0.25, 0.3) is 5.91 Å². The maximum Gasteiger partial charge on any atom is 0.272 e. The zero-order valence-corrected chi connectivity index (χ0v) is 14.4. The van der Waals surface area contributed by atoms with Crippen LogP contribution < -0.4 is 10.1 Å². The van der Waals surface area contributed by atoms with E-state index in [1.165, 1.54) is 0 Å². The van der Waals surface area contributed by atoms with Crippen LogP contribution in [0.25, 0.3) is 11.3 Å². The topological polar surface area (TPSA) is 56.2 Å². The smallest absolute Gasteiger partial charge is 0.272 e. The fourth-order valence-electron chi connectivity index (χ4n) is 2.71. The van der Waals surface area contributed by atoms with Gasteiger partial charge in [0.1, 0.15) is 5.75 Å². The van der Waals surface area contributed by atoms with Gasteiger partial charge >= 0.3 is 0 Å². The maximum absolute atomic E-state index is 12.5. The quantitative estimate of drug-likeness (QED) is 0.750. The zero-order chi connectivity index (χ0) is 17.6. The second-order valence-electron chi connectivity index (χ2n) is 5.60. The number of carbonyl (C=O) groups excluding carboxylic acids is 1. The molecule has 0 radical (unpaired) electrons. The van der Waals surface area contributed by atoms with E-state index in [9.17, 15) is 4.79 Å². The molecule has 1 N–H and O–H groups in total. The molecule has 5 nitrogen and oxygen atoms in total. The Bertz CT molecular complexity index is 856. The Labute approximate surface area is 147 Å². The first-order valence-electron chi connectivity index (χ1n) is 8.26.